The van der Waals surface area contributed by atoms with Gasteiger partial charge in [-0.2, -0.15) is 21.6 Å². The predicted molar refractivity (Wildman–Crippen MR) is 305 cm³/mol. The number of hydrogen-bond donors (Lipinski definition) is 0. The van der Waals surface area contributed by atoms with Crippen LogP contribution in [0.25, 0.3) is 0 Å². The lowest BCUT2D eigenvalue weighted by Crippen LogP contribution is -2.69. The molecule has 4 saturated heterocycles. The molecule has 21 heteroatoms. The van der Waals surface area contributed by atoms with Crippen molar-refractivity contribution < 1.29 is 72.3 Å². The summed E-state index contributed by atoms with van der Waals surface area (Å²) in [6, 6.07) is 8.86. The summed E-state index contributed by atoms with van der Waals surface area (Å²) < 4.78 is 125. The van der Waals surface area contributed by atoms with Crippen molar-refractivity contribution in [3.05, 3.63) is 60.4 Å². The molecule has 0 spiro atoms. The number of aldehydes is 1. The zero-order chi connectivity index (χ0) is 57.3. The second-order valence-electron chi connectivity index (χ2n) is 26.2. The minimum atomic E-state index is -5.85. The molecule has 13 atom stereocenters. The molecule has 0 aliphatic carbocycles. The zero-order valence-corrected chi connectivity index (χ0v) is 54.0. The summed E-state index contributed by atoms with van der Waals surface area (Å²) in [7, 11) is -13.6. The maximum Gasteiger partial charge on any atom is 0.534 e. The van der Waals surface area contributed by atoms with Gasteiger partial charge in [0.15, 0.2) is 25.0 Å². The molecular weight excluding hydrogens is 1170 g/mol. The minimum Gasteiger partial charge on any atom is -0.455 e. The molecule has 1 aromatic carbocycles. The Bertz CT molecular complexity index is 2270. The van der Waals surface area contributed by atoms with Crippen LogP contribution in [0.1, 0.15) is 137 Å². The Morgan fingerprint density at radius 2 is 1.39 bits per heavy atom. The van der Waals surface area contributed by atoms with Crippen LogP contribution in [0.15, 0.2) is 54.8 Å². The molecule has 4 heterocycles. The number of alkyl halides is 4. The van der Waals surface area contributed by atoms with Gasteiger partial charge in [-0.25, -0.2) is 4.79 Å². The quantitative estimate of drug-likeness (QED) is 0.0125. The molecular formula is C55H90F3IO13SSi3. The van der Waals surface area contributed by atoms with E-state index in [1.54, 1.807) is 31.2 Å². The van der Waals surface area contributed by atoms with Crippen molar-refractivity contribution in [2.75, 3.05) is 4.43 Å². The maximum atomic E-state index is 14.0. The number of ether oxygens (including phenoxy) is 5. The van der Waals surface area contributed by atoms with E-state index in [1.165, 1.54) is 0 Å². The molecule has 0 saturated carbocycles. The van der Waals surface area contributed by atoms with Crippen LogP contribution in [0.3, 0.4) is 0 Å². The molecule has 3 unspecified atom stereocenters. The first kappa shape index (κ1) is 65.3. The van der Waals surface area contributed by atoms with Gasteiger partial charge >= 0.3 is 21.6 Å². The van der Waals surface area contributed by atoms with Crippen LogP contribution >= 0.6 is 22.6 Å². The number of carbonyl (C=O) groups excluding carboxylic acids is 2. The first-order valence-corrected chi connectivity index (χ1v) is 38.7. The van der Waals surface area contributed by atoms with Crippen molar-refractivity contribution in [3.8, 4) is 0 Å². The average molecular weight is 1260 g/mol. The Labute approximate surface area is 469 Å². The van der Waals surface area contributed by atoms with E-state index < -0.39 is 107 Å². The molecule has 0 aromatic heterocycles. The Balaban J connectivity index is 1.52. The summed E-state index contributed by atoms with van der Waals surface area (Å²) in [6.45, 7) is 38.3. The summed E-state index contributed by atoms with van der Waals surface area (Å²) in [4.78, 5) is 25.9. The molecule has 0 amide bonds. The molecule has 434 valence electrons. The molecule has 0 N–H and O–H groups in total. The van der Waals surface area contributed by atoms with Crippen molar-refractivity contribution >= 4 is 69.9 Å². The summed E-state index contributed by atoms with van der Waals surface area (Å²) in [6.07, 6.45) is 3.70. The number of esters is 1. The third-order valence-electron chi connectivity index (χ3n) is 17.3. The summed E-state index contributed by atoms with van der Waals surface area (Å²) >= 11 is 2.28. The number of carbonyl (C=O) groups is 2. The number of allylic oxidation sites excluding steroid dienone is 1. The van der Waals surface area contributed by atoms with Crippen LogP contribution < -0.4 is 0 Å². The number of halogens is 4. The van der Waals surface area contributed by atoms with Crippen LogP contribution in [0.4, 0.5) is 13.2 Å². The summed E-state index contributed by atoms with van der Waals surface area (Å²) in [5.41, 5.74) is -5.88. The Morgan fingerprint density at radius 1 is 0.816 bits per heavy atom. The molecule has 0 bridgehead atoms. The van der Waals surface area contributed by atoms with Crippen molar-refractivity contribution in [1.29, 1.82) is 0 Å². The lowest BCUT2D eigenvalue weighted by molar-refractivity contribution is -0.266. The van der Waals surface area contributed by atoms with Gasteiger partial charge in [-0.15, -0.1) is 0 Å². The highest BCUT2D eigenvalue weighted by molar-refractivity contribution is 14.1. The second-order valence-corrected chi connectivity index (χ2v) is 42.8. The standard InChI is InChI=1S/C55H90F3IO13SSi3/c1-36(37(2)69-73(62,63)55(56,57)58)33-41-27-30-45-54(35-59,68-41)34-42(64-45)24-23-39(66-50(61)38-21-19-18-20-22-38)26-29-44(70-74(12,13)51(3,4)5)47-49(72-76(16,17)53(9,10)11)48(71-75(14,15)52(6,7)8)46-43(67-47)28-25-40(65-46)31-32-60/h18-22,26,29,32,36,39-49H,2,23-25,27-28,30-31,33-35H2,1,3-17H3/b29-26+/t36?,39?,40-,41-,42+,43+,44?,45+,46+,47+,48+,49-,54-/m1/s1. The lowest BCUT2D eigenvalue weighted by Gasteiger charge is -2.56. The van der Waals surface area contributed by atoms with E-state index in [0.717, 1.165) is 6.29 Å². The predicted octanol–water partition coefficient (Wildman–Crippen LogP) is 13.5. The second kappa shape index (κ2) is 24.9. The van der Waals surface area contributed by atoms with Crippen molar-refractivity contribution in [2.24, 2.45) is 5.92 Å². The maximum absolute atomic E-state index is 14.0. The molecule has 4 aliphatic heterocycles. The SMILES string of the molecule is C=C(OS(=O)(=O)C(F)(F)F)C(C)C[C@H]1CC[C@@H]2O[C@@H](CCC(/C=C/C(O[Si](C)(C)C(C)(C)C)[C@@H]3O[C@H]4CC[C@H](CC=O)O[C@@H]4[C@H](O[Si](C)(C)C(C)(C)C)[C@@H]3O[Si](C)(C)C(C)(C)C)OC(=O)c3ccccc3)C[C@]2(CI)O1. The first-order chi connectivity index (χ1) is 34.8. The van der Waals surface area contributed by atoms with Gasteiger partial charge in [-0.1, -0.05) is 123 Å². The average Bonchev–Trinajstić information content (AvgIpc) is 3.67. The van der Waals surface area contributed by atoms with Gasteiger partial charge in [0.2, 0.25) is 0 Å². The largest absolute Gasteiger partial charge is 0.534 e. The molecule has 76 heavy (non-hydrogen) atoms. The summed E-state index contributed by atoms with van der Waals surface area (Å²) in [5, 5.41) is -0.565. The topological polar surface area (TPSA) is 151 Å². The van der Waals surface area contributed by atoms with E-state index in [4.69, 9.17) is 37.0 Å². The third-order valence-corrected chi connectivity index (χ3v) is 33.0. The van der Waals surface area contributed by atoms with Crippen molar-refractivity contribution in [1.82, 2.24) is 0 Å². The molecule has 4 fully saturated rings. The number of fused-ring (bicyclic) bond motifs is 2. The van der Waals surface area contributed by atoms with E-state index >= 15 is 0 Å². The van der Waals surface area contributed by atoms with Crippen molar-refractivity contribution in [3.63, 3.8) is 0 Å². The van der Waals surface area contributed by atoms with E-state index in [9.17, 15) is 31.2 Å². The highest BCUT2D eigenvalue weighted by Gasteiger charge is 2.58. The fourth-order valence-electron chi connectivity index (χ4n) is 9.53. The van der Waals surface area contributed by atoms with E-state index in [-0.39, 0.29) is 52.4 Å². The van der Waals surface area contributed by atoms with E-state index in [1.807, 2.05) is 18.2 Å². The van der Waals surface area contributed by atoms with Gasteiger partial charge in [0, 0.05) is 23.2 Å². The van der Waals surface area contributed by atoms with Crippen LogP contribution in [-0.2, 0) is 56.1 Å². The number of rotatable bonds is 22. The normalized spacial score (nSPS) is 29.5. The van der Waals surface area contributed by atoms with E-state index in [0.29, 0.717) is 54.9 Å². The van der Waals surface area contributed by atoms with E-state index in [2.05, 4.69) is 135 Å². The van der Waals surface area contributed by atoms with Crippen LogP contribution in [-0.4, -0.2) is 128 Å². The monoisotopic (exact) mass is 1260 g/mol. The Hall–Kier alpha value is -1.52. The van der Waals surface area contributed by atoms with Crippen LogP contribution in [0, 0.1) is 5.92 Å². The smallest absolute Gasteiger partial charge is 0.455 e. The van der Waals surface area contributed by atoms with Gasteiger partial charge in [0.25, 0.3) is 0 Å². The summed E-state index contributed by atoms with van der Waals surface area (Å²) in [5.74, 6) is -1.74. The molecule has 1 aromatic rings. The van der Waals surface area contributed by atoms with Gasteiger partial charge in [0.1, 0.15) is 48.2 Å². The van der Waals surface area contributed by atoms with Gasteiger partial charge in [-0.3, -0.25) is 0 Å². The first-order valence-electron chi connectivity index (χ1n) is 27.1. The van der Waals surface area contributed by atoms with Crippen molar-refractivity contribution in [2.45, 2.75) is 260 Å². The number of hydrogen-bond acceptors (Lipinski definition) is 13. The molecule has 0 radical (unpaired) electrons. The van der Waals surface area contributed by atoms with Crippen LogP contribution in [0.2, 0.25) is 54.4 Å². The minimum absolute atomic E-state index is 0.161. The Morgan fingerprint density at radius 3 is 1.95 bits per heavy atom. The molecule has 4 aliphatic rings. The fraction of sp³-hybridized carbons (Fsp3) is 0.782. The number of benzene rings is 1. The molecule has 13 nitrogen and oxygen atoms in total. The third kappa shape index (κ3) is 15.9. The van der Waals surface area contributed by atoms with Gasteiger partial charge in [-0.05, 0) is 118 Å². The highest BCUT2D eigenvalue weighted by atomic mass is 127. The Kier molecular flexibility index (Phi) is 21.4. The highest BCUT2D eigenvalue weighted by Crippen LogP contribution is 2.49. The fourth-order valence-corrected chi connectivity index (χ4v) is 14.9. The lowest BCUT2D eigenvalue weighted by atomic mass is 9.85. The van der Waals surface area contributed by atoms with Crippen LogP contribution in [0.5, 0.6) is 0 Å². The zero-order valence-electron chi connectivity index (χ0n) is 48.1. The van der Waals surface area contributed by atoms with Gasteiger partial charge in [0.05, 0.1) is 42.2 Å². The molecule has 5 rings (SSSR count). The van der Waals surface area contributed by atoms with Gasteiger partial charge < -0.3 is 45.9 Å².